The number of aromatic amines is 1. The molecule has 2 aromatic rings. The summed E-state index contributed by atoms with van der Waals surface area (Å²) in [4.78, 5) is 28.5. The van der Waals surface area contributed by atoms with Crippen molar-refractivity contribution in [1.29, 1.82) is 0 Å². The van der Waals surface area contributed by atoms with E-state index in [1.165, 1.54) is 23.9 Å². The van der Waals surface area contributed by atoms with Crippen molar-refractivity contribution in [2.45, 2.75) is 19.4 Å². The van der Waals surface area contributed by atoms with Gasteiger partial charge in [-0.2, -0.15) is 0 Å². The largest absolute Gasteiger partial charge is 0.357 e. The summed E-state index contributed by atoms with van der Waals surface area (Å²) in [5.74, 6) is -0.157. The first-order valence-corrected chi connectivity index (χ1v) is 6.27. The molecule has 0 fully saturated rings. The van der Waals surface area contributed by atoms with E-state index in [4.69, 9.17) is 0 Å². The van der Waals surface area contributed by atoms with Crippen molar-refractivity contribution in [2.75, 3.05) is 4.90 Å². The van der Waals surface area contributed by atoms with Crippen LogP contribution in [0.25, 0.3) is 0 Å². The van der Waals surface area contributed by atoms with Crippen LogP contribution in [-0.2, 0) is 6.42 Å². The van der Waals surface area contributed by atoms with Crippen molar-refractivity contribution < 1.29 is 4.79 Å². The van der Waals surface area contributed by atoms with E-state index in [2.05, 4.69) is 4.98 Å². The van der Waals surface area contributed by atoms with Crippen LogP contribution in [-0.4, -0.2) is 16.9 Å². The first-order chi connectivity index (χ1) is 9.16. The number of carbonyl (C=O) groups excluding carboxylic acids is 1. The van der Waals surface area contributed by atoms with Crippen LogP contribution in [0.3, 0.4) is 0 Å². The second-order valence-electron chi connectivity index (χ2n) is 4.80. The number of para-hydroxylation sites is 1. The standard InChI is InChI=1S/C15H14N2O2/c1-10-8-11-4-2-3-5-14(11)17(10)15(19)13-9-12(18)6-7-16-13/h2-7,9-10H,8H2,1H3,(H,16,18). The van der Waals surface area contributed by atoms with Crippen LogP contribution in [0.1, 0.15) is 23.0 Å². The molecule has 2 heterocycles. The van der Waals surface area contributed by atoms with Gasteiger partial charge in [0.2, 0.25) is 0 Å². The van der Waals surface area contributed by atoms with E-state index >= 15 is 0 Å². The summed E-state index contributed by atoms with van der Waals surface area (Å²) in [7, 11) is 0. The Balaban J connectivity index is 2.03. The second-order valence-corrected chi connectivity index (χ2v) is 4.80. The highest BCUT2D eigenvalue weighted by atomic mass is 16.2. The van der Waals surface area contributed by atoms with Gasteiger partial charge in [-0.25, -0.2) is 0 Å². The Labute approximate surface area is 110 Å². The van der Waals surface area contributed by atoms with E-state index in [1.54, 1.807) is 4.90 Å². The molecule has 0 saturated carbocycles. The van der Waals surface area contributed by atoms with Crippen molar-refractivity contribution in [3.63, 3.8) is 0 Å². The van der Waals surface area contributed by atoms with E-state index < -0.39 is 0 Å². The summed E-state index contributed by atoms with van der Waals surface area (Å²) >= 11 is 0. The minimum Gasteiger partial charge on any atom is -0.357 e. The molecule has 1 aromatic heterocycles. The number of nitrogens with zero attached hydrogens (tertiary/aromatic N) is 1. The normalized spacial score (nSPS) is 17.3. The number of rotatable bonds is 1. The molecule has 1 aliphatic heterocycles. The molecule has 0 spiro atoms. The summed E-state index contributed by atoms with van der Waals surface area (Å²) in [5, 5.41) is 0. The molecule has 0 radical (unpaired) electrons. The van der Waals surface area contributed by atoms with Crippen molar-refractivity contribution in [1.82, 2.24) is 4.98 Å². The average Bonchev–Trinajstić information content (AvgIpc) is 2.74. The Kier molecular flexibility index (Phi) is 2.71. The van der Waals surface area contributed by atoms with E-state index in [-0.39, 0.29) is 17.4 Å². The lowest BCUT2D eigenvalue weighted by molar-refractivity contribution is 0.0976. The Bertz CT molecular complexity index is 690. The monoisotopic (exact) mass is 254 g/mol. The SMILES string of the molecule is CC1Cc2ccccc2N1C(=O)c1cc(=O)cc[nH]1. The fraction of sp³-hybridized carbons (Fsp3) is 0.200. The zero-order chi connectivity index (χ0) is 13.4. The van der Waals surface area contributed by atoms with Crippen LogP contribution < -0.4 is 10.3 Å². The number of H-pyrrole nitrogens is 1. The van der Waals surface area contributed by atoms with Crippen molar-refractivity contribution in [2.24, 2.45) is 0 Å². The minimum absolute atomic E-state index is 0.105. The Morgan fingerprint density at radius 3 is 2.89 bits per heavy atom. The van der Waals surface area contributed by atoms with Crippen molar-refractivity contribution in [3.8, 4) is 0 Å². The highest BCUT2D eigenvalue weighted by Gasteiger charge is 2.31. The lowest BCUT2D eigenvalue weighted by atomic mass is 10.1. The molecule has 0 bridgehead atoms. The molecular formula is C15H14N2O2. The fourth-order valence-corrected chi connectivity index (χ4v) is 2.57. The third-order valence-electron chi connectivity index (χ3n) is 3.43. The summed E-state index contributed by atoms with van der Waals surface area (Å²) < 4.78 is 0. The molecule has 1 aliphatic rings. The quantitative estimate of drug-likeness (QED) is 0.845. The molecule has 1 atom stereocenters. The smallest absolute Gasteiger partial charge is 0.275 e. The van der Waals surface area contributed by atoms with Crippen LogP contribution in [0, 0.1) is 0 Å². The number of amides is 1. The number of carbonyl (C=O) groups is 1. The zero-order valence-electron chi connectivity index (χ0n) is 10.6. The molecular weight excluding hydrogens is 240 g/mol. The maximum absolute atomic E-state index is 12.5. The van der Waals surface area contributed by atoms with Crippen LogP contribution in [0.4, 0.5) is 5.69 Å². The highest BCUT2D eigenvalue weighted by molar-refractivity contribution is 6.06. The van der Waals surface area contributed by atoms with Crippen molar-refractivity contribution in [3.05, 3.63) is 64.1 Å². The Hall–Kier alpha value is -2.36. The zero-order valence-corrected chi connectivity index (χ0v) is 10.6. The van der Waals surface area contributed by atoms with Gasteiger partial charge in [-0.15, -0.1) is 0 Å². The number of hydrogen-bond donors (Lipinski definition) is 1. The molecule has 96 valence electrons. The first-order valence-electron chi connectivity index (χ1n) is 6.27. The molecule has 1 unspecified atom stereocenters. The van der Waals surface area contributed by atoms with Gasteiger partial charge < -0.3 is 9.88 Å². The van der Waals surface area contributed by atoms with E-state index in [9.17, 15) is 9.59 Å². The number of benzene rings is 1. The number of anilines is 1. The molecule has 3 rings (SSSR count). The van der Waals surface area contributed by atoms with Crippen LogP contribution in [0.15, 0.2) is 47.4 Å². The van der Waals surface area contributed by atoms with Gasteiger partial charge >= 0.3 is 0 Å². The first kappa shape index (κ1) is 11.7. The minimum atomic E-state index is -0.165. The van der Waals surface area contributed by atoms with Gasteiger partial charge in [0, 0.05) is 30.1 Å². The van der Waals surface area contributed by atoms with Gasteiger partial charge in [0.05, 0.1) is 0 Å². The van der Waals surface area contributed by atoms with Gasteiger partial charge in [0.25, 0.3) is 5.91 Å². The number of aromatic nitrogens is 1. The molecule has 0 saturated heterocycles. The molecule has 4 nitrogen and oxygen atoms in total. The maximum Gasteiger partial charge on any atom is 0.275 e. The Morgan fingerprint density at radius 1 is 1.32 bits per heavy atom. The van der Waals surface area contributed by atoms with Gasteiger partial charge in [-0.3, -0.25) is 9.59 Å². The predicted molar refractivity (Wildman–Crippen MR) is 73.5 cm³/mol. The number of fused-ring (bicyclic) bond motifs is 1. The van der Waals surface area contributed by atoms with Gasteiger partial charge in [-0.1, -0.05) is 18.2 Å². The van der Waals surface area contributed by atoms with Crippen LogP contribution >= 0.6 is 0 Å². The average molecular weight is 254 g/mol. The van der Waals surface area contributed by atoms with Gasteiger partial charge in [-0.05, 0) is 25.0 Å². The van der Waals surface area contributed by atoms with Gasteiger partial charge in [0.1, 0.15) is 5.69 Å². The molecule has 0 aliphatic carbocycles. The van der Waals surface area contributed by atoms with Crippen LogP contribution in [0.2, 0.25) is 0 Å². The molecule has 1 amide bonds. The molecule has 19 heavy (non-hydrogen) atoms. The summed E-state index contributed by atoms with van der Waals surface area (Å²) in [6, 6.07) is 10.7. The fourth-order valence-electron chi connectivity index (χ4n) is 2.57. The number of pyridine rings is 1. The third kappa shape index (κ3) is 1.95. The second kappa shape index (κ2) is 4.39. The van der Waals surface area contributed by atoms with E-state index in [0.717, 1.165) is 12.1 Å². The number of nitrogens with one attached hydrogen (secondary N) is 1. The summed E-state index contributed by atoms with van der Waals surface area (Å²) in [5.41, 5.74) is 2.27. The number of hydrogen-bond acceptors (Lipinski definition) is 2. The summed E-state index contributed by atoms with van der Waals surface area (Å²) in [6.07, 6.45) is 2.35. The molecule has 4 heteroatoms. The van der Waals surface area contributed by atoms with Gasteiger partial charge in [0.15, 0.2) is 5.43 Å². The van der Waals surface area contributed by atoms with Crippen LogP contribution in [0.5, 0.6) is 0 Å². The lowest BCUT2D eigenvalue weighted by Crippen LogP contribution is -2.36. The van der Waals surface area contributed by atoms with E-state index in [1.807, 2.05) is 31.2 Å². The highest BCUT2D eigenvalue weighted by Crippen LogP contribution is 2.32. The third-order valence-corrected chi connectivity index (χ3v) is 3.43. The maximum atomic E-state index is 12.5. The lowest BCUT2D eigenvalue weighted by Gasteiger charge is -2.22. The molecule has 1 aromatic carbocycles. The predicted octanol–water partition coefficient (Wildman–Crippen LogP) is 1.97. The topological polar surface area (TPSA) is 53.2 Å². The summed E-state index contributed by atoms with van der Waals surface area (Å²) in [6.45, 7) is 2.01. The Morgan fingerprint density at radius 2 is 2.11 bits per heavy atom. The molecule has 1 N–H and O–H groups in total. The van der Waals surface area contributed by atoms with Crippen molar-refractivity contribution >= 4 is 11.6 Å². The van der Waals surface area contributed by atoms with E-state index in [0.29, 0.717) is 5.69 Å².